The van der Waals surface area contributed by atoms with Crippen LogP contribution in [0.3, 0.4) is 0 Å². The number of nitrogens with one attached hydrogen (secondary N) is 2. The lowest BCUT2D eigenvalue weighted by Crippen LogP contribution is -2.22. The molecule has 3 aromatic carbocycles. The third kappa shape index (κ3) is 4.16. The van der Waals surface area contributed by atoms with Gasteiger partial charge >= 0.3 is 0 Å². The number of aromatic nitrogens is 2. The Balaban J connectivity index is 1.75. The third-order valence-corrected chi connectivity index (χ3v) is 4.93. The largest absolute Gasteiger partial charge is 0.337 e. The SMILES string of the molecule is O=C(N/C(=C/c1ccc(Br)cc1)c1nc2ccc(Cl)cc2[nH]1)c1ccccc1. The molecule has 138 valence electrons. The standard InChI is InChI=1S/C22H15BrClN3O/c23-16-8-6-14(7-9-16)12-20(27-22(28)15-4-2-1-3-5-15)21-25-18-11-10-17(24)13-19(18)26-21/h1-13H,(H,25,26)(H,27,28)/b20-12+. The van der Waals surface area contributed by atoms with E-state index in [1.807, 2.05) is 60.7 Å². The predicted octanol–water partition coefficient (Wildman–Crippen LogP) is 5.91. The number of halogens is 2. The maximum absolute atomic E-state index is 12.7. The number of H-pyrrole nitrogens is 1. The molecular weight excluding hydrogens is 438 g/mol. The topological polar surface area (TPSA) is 57.8 Å². The second kappa shape index (κ2) is 8.00. The highest BCUT2D eigenvalue weighted by Crippen LogP contribution is 2.22. The van der Waals surface area contributed by atoms with E-state index < -0.39 is 0 Å². The number of hydrogen-bond donors (Lipinski definition) is 2. The number of rotatable bonds is 4. The molecule has 0 radical (unpaired) electrons. The summed E-state index contributed by atoms with van der Waals surface area (Å²) >= 11 is 9.52. The van der Waals surface area contributed by atoms with Gasteiger partial charge in [-0.05, 0) is 54.1 Å². The lowest BCUT2D eigenvalue weighted by Gasteiger charge is -2.08. The molecule has 0 aliphatic heterocycles. The van der Waals surface area contributed by atoms with Crippen molar-refractivity contribution in [2.45, 2.75) is 0 Å². The van der Waals surface area contributed by atoms with Crippen molar-refractivity contribution in [1.82, 2.24) is 15.3 Å². The summed E-state index contributed by atoms with van der Waals surface area (Å²) in [6, 6.07) is 22.3. The number of aromatic amines is 1. The molecule has 2 N–H and O–H groups in total. The molecule has 0 atom stereocenters. The molecule has 6 heteroatoms. The monoisotopic (exact) mass is 451 g/mol. The predicted molar refractivity (Wildman–Crippen MR) is 117 cm³/mol. The fraction of sp³-hybridized carbons (Fsp3) is 0. The van der Waals surface area contributed by atoms with Crippen LogP contribution < -0.4 is 5.32 Å². The van der Waals surface area contributed by atoms with E-state index in [1.165, 1.54) is 0 Å². The summed E-state index contributed by atoms with van der Waals surface area (Å²) in [5.74, 6) is 0.354. The van der Waals surface area contributed by atoms with Crippen molar-refractivity contribution in [2.75, 3.05) is 0 Å². The lowest BCUT2D eigenvalue weighted by atomic mass is 10.1. The molecule has 1 amide bonds. The smallest absolute Gasteiger partial charge is 0.255 e. The molecule has 4 rings (SSSR count). The number of carbonyl (C=O) groups is 1. The molecule has 0 saturated heterocycles. The molecule has 0 saturated carbocycles. The number of imidazole rings is 1. The van der Waals surface area contributed by atoms with Crippen LogP contribution in [0.25, 0.3) is 22.8 Å². The zero-order chi connectivity index (χ0) is 19.5. The van der Waals surface area contributed by atoms with Crippen molar-refractivity contribution in [1.29, 1.82) is 0 Å². The van der Waals surface area contributed by atoms with E-state index in [2.05, 4.69) is 31.2 Å². The van der Waals surface area contributed by atoms with Gasteiger partial charge in [-0.25, -0.2) is 4.98 Å². The van der Waals surface area contributed by atoms with E-state index in [9.17, 15) is 4.79 Å². The zero-order valence-corrected chi connectivity index (χ0v) is 17.0. The van der Waals surface area contributed by atoms with E-state index in [0.717, 1.165) is 21.1 Å². The van der Waals surface area contributed by atoms with Crippen LogP contribution in [0.2, 0.25) is 5.02 Å². The van der Waals surface area contributed by atoms with Crippen molar-refractivity contribution >= 4 is 56.2 Å². The van der Waals surface area contributed by atoms with E-state index in [0.29, 0.717) is 22.1 Å². The minimum Gasteiger partial charge on any atom is -0.337 e. The minimum absolute atomic E-state index is 0.206. The minimum atomic E-state index is -0.206. The molecule has 1 heterocycles. The van der Waals surface area contributed by atoms with Gasteiger partial charge < -0.3 is 10.3 Å². The van der Waals surface area contributed by atoms with Gasteiger partial charge in [0.05, 0.1) is 16.7 Å². The Morgan fingerprint density at radius 2 is 1.79 bits per heavy atom. The molecule has 1 aromatic heterocycles. The molecule has 4 nitrogen and oxygen atoms in total. The summed E-state index contributed by atoms with van der Waals surface area (Å²) in [5.41, 5.74) is 3.66. The molecule has 28 heavy (non-hydrogen) atoms. The zero-order valence-electron chi connectivity index (χ0n) is 14.6. The molecule has 0 aliphatic carbocycles. The first-order valence-electron chi connectivity index (χ1n) is 8.58. The summed E-state index contributed by atoms with van der Waals surface area (Å²) in [6.07, 6.45) is 1.88. The Morgan fingerprint density at radius 1 is 1.04 bits per heavy atom. The maximum atomic E-state index is 12.7. The number of benzene rings is 3. The van der Waals surface area contributed by atoms with Crippen LogP contribution in [0.1, 0.15) is 21.7 Å². The summed E-state index contributed by atoms with van der Waals surface area (Å²) in [7, 11) is 0. The number of amides is 1. The third-order valence-electron chi connectivity index (χ3n) is 4.16. The number of hydrogen-bond acceptors (Lipinski definition) is 2. The van der Waals surface area contributed by atoms with Crippen LogP contribution in [0.4, 0.5) is 0 Å². The molecular formula is C22H15BrClN3O. The van der Waals surface area contributed by atoms with E-state index in [1.54, 1.807) is 18.2 Å². The highest BCUT2D eigenvalue weighted by atomic mass is 79.9. The molecule has 0 fully saturated rings. The van der Waals surface area contributed by atoms with Crippen molar-refractivity contribution < 1.29 is 4.79 Å². The Labute approximate surface area is 175 Å². The fourth-order valence-electron chi connectivity index (χ4n) is 2.78. The van der Waals surface area contributed by atoms with Crippen LogP contribution in [-0.4, -0.2) is 15.9 Å². The van der Waals surface area contributed by atoms with Crippen molar-refractivity contribution in [3.05, 3.63) is 99.2 Å². The first-order chi connectivity index (χ1) is 13.6. The average molecular weight is 453 g/mol. The Kier molecular flexibility index (Phi) is 5.28. The van der Waals surface area contributed by atoms with Crippen LogP contribution in [0.5, 0.6) is 0 Å². The normalized spacial score (nSPS) is 11.6. The Hall–Kier alpha value is -2.89. The average Bonchev–Trinajstić information content (AvgIpc) is 3.13. The quantitative estimate of drug-likeness (QED) is 0.404. The number of fused-ring (bicyclic) bond motifs is 1. The van der Waals surface area contributed by atoms with Gasteiger partial charge in [0, 0.05) is 15.1 Å². The summed E-state index contributed by atoms with van der Waals surface area (Å²) in [6.45, 7) is 0. The number of carbonyl (C=O) groups excluding carboxylic acids is 1. The molecule has 0 aliphatic rings. The van der Waals surface area contributed by atoms with E-state index in [-0.39, 0.29) is 5.91 Å². The van der Waals surface area contributed by atoms with Gasteiger partial charge in [0.25, 0.3) is 5.91 Å². The highest BCUT2D eigenvalue weighted by Gasteiger charge is 2.13. The maximum Gasteiger partial charge on any atom is 0.255 e. The van der Waals surface area contributed by atoms with Gasteiger partial charge in [0.1, 0.15) is 0 Å². The van der Waals surface area contributed by atoms with Gasteiger partial charge in [0.15, 0.2) is 5.82 Å². The highest BCUT2D eigenvalue weighted by molar-refractivity contribution is 9.10. The Morgan fingerprint density at radius 3 is 2.54 bits per heavy atom. The number of nitrogens with zero attached hydrogens (tertiary/aromatic N) is 1. The van der Waals surface area contributed by atoms with Gasteiger partial charge in [0.2, 0.25) is 0 Å². The van der Waals surface area contributed by atoms with E-state index >= 15 is 0 Å². The molecule has 0 bridgehead atoms. The second-order valence-corrected chi connectivity index (χ2v) is 7.53. The molecule has 4 aromatic rings. The van der Waals surface area contributed by atoms with E-state index in [4.69, 9.17) is 11.6 Å². The summed E-state index contributed by atoms with van der Waals surface area (Å²) in [5, 5.41) is 3.59. The lowest BCUT2D eigenvalue weighted by molar-refractivity contribution is 0.0973. The fourth-order valence-corrected chi connectivity index (χ4v) is 3.22. The van der Waals surface area contributed by atoms with Crippen molar-refractivity contribution in [3.8, 4) is 0 Å². The second-order valence-electron chi connectivity index (χ2n) is 6.18. The summed E-state index contributed by atoms with van der Waals surface area (Å²) < 4.78 is 0.984. The Bertz CT molecular complexity index is 1170. The van der Waals surface area contributed by atoms with Crippen LogP contribution >= 0.6 is 27.5 Å². The first-order valence-corrected chi connectivity index (χ1v) is 9.75. The van der Waals surface area contributed by atoms with Gasteiger partial charge in [-0.15, -0.1) is 0 Å². The molecule has 0 unspecified atom stereocenters. The molecule has 0 spiro atoms. The first kappa shape index (κ1) is 18.5. The van der Waals surface area contributed by atoms with Gasteiger partial charge in [-0.3, -0.25) is 4.79 Å². The summed E-state index contributed by atoms with van der Waals surface area (Å²) in [4.78, 5) is 20.6. The van der Waals surface area contributed by atoms with Crippen molar-refractivity contribution in [3.63, 3.8) is 0 Å². The van der Waals surface area contributed by atoms with Gasteiger partial charge in [-0.2, -0.15) is 0 Å². The van der Waals surface area contributed by atoms with Crippen molar-refractivity contribution in [2.24, 2.45) is 0 Å². The van der Waals surface area contributed by atoms with Gasteiger partial charge in [-0.1, -0.05) is 57.9 Å². The van der Waals surface area contributed by atoms with Crippen LogP contribution in [0.15, 0.2) is 77.3 Å². The van der Waals surface area contributed by atoms with Crippen LogP contribution in [-0.2, 0) is 0 Å². The van der Waals surface area contributed by atoms with Crippen LogP contribution in [0, 0.1) is 0 Å².